The van der Waals surface area contributed by atoms with Crippen molar-refractivity contribution in [3.05, 3.63) is 95.1 Å². The molecule has 2 amide bonds. The van der Waals surface area contributed by atoms with E-state index in [1.54, 1.807) is 36.4 Å². The summed E-state index contributed by atoms with van der Waals surface area (Å²) in [7, 11) is -4.07. The Balaban J connectivity index is 2.06. The molecule has 0 spiro atoms. The van der Waals surface area contributed by atoms with Crippen molar-refractivity contribution in [2.75, 3.05) is 17.4 Å². The molecule has 8 heteroatoms. The van der Waals surface area contributed by atoms with Gasteiger partial charge in [0.15, 0.2) is 0 Å². The molecule has 38 heavy (non-hydrogen) atoms. The van der Waals surface area contributed by atoms with Crippen molar-refractivity contribution in [3.8, 4) is 0 Å². The molecule has 0 unspecified atom stereocenters. The summed E-state index contributed by atoms with van der Waals surface area (Å²) in [5.41, 5.74) is 4.16. The fraction of sp³-hybridized carbons (Fsp3) is 0.333. The number of sulfonamides is 1. The van der Waals surface area contributed by atoms with Crippen molar-refractivity contribution in [2.24, 2.45) is 0 Å². The molecule has 3 aromatic rings. The lowest BCUT2D eigenvalue weighted by atomic mass is 10.1. The van der Waals surface area contributed by atoms with Crippen molar-refractivity contribution in [3.63, 3.8) is 0 Å². The zero-order valence-corrected chi connectivity index (χ0v) is 23.6. The number of benzene rings is 3. The van der Waals surface area contributed by atoms with E-state index in [0.29, 0.717) is 18.7 Å². The van der Waals surface area contributed by atoms with Crippen LogP contribution in [0.3, 0.4) is 0 Å². The minimum Gasteiger partial charge on any atom is -0.355 e. The summed E-state index contributed by atoms with van der Waals surface area (Å²) in [4.78, 5) is 28.6. The Kier molecular flexibility index (Phi) is 9.69. The SMILES string of the molecule is CCNC(=O)[C@H](CC)N(Cc1ccccc1C)C(=O)CN(c1ccc(C)cc1)S(=O)(=O)c1ccc(C)cc1. The van der Waals surface area contributed by atoms with Gasteiger partial charge in [-0.05, 0) is 69.5 Å². The standard InChI is InChI=1S/C30H37N3O4S/c1-6-28(30(35)31-7-2)32(20-25-11-9-8-10-24(25)5)29(34)21-33(26-16-12-22(3)13-17-26)38(36,37)27-18-14-23(4)15-19-27/h8-19,28H,6-7,20-21H2,1-5H3,(H,31,35)/t28-/m0/s1. The molecule has 0 saturated carbocycles. The van der Waals surface area contributed by atoms with Gasteiger partial charge in [0.1, 0.15) is 12.6 Å². The number of aryl methyl sites for hydroxylation is 3. The van der Waals surface area contributed by atoms with Crippen LogP contribution >= 0.6 is 0 Å². The van der Waals surface area contributed by atoms with Gasteiger partial charge in [0.05, 0.1) is 10.6 Å². The number of amides is 2. The summed E-state index contributed by atoms with van der Waals surface area (Å²) in [5, 5.41) is 2.82. The topological polar surface area (TPSA) is 86.8 Å². The summed E-state index contributed by atoms with van der Waals surface area (Å²) >= 11 is 0. The summed E-state index contributed by atoms with van der Waals surface area (Å²) < 4.78 is 28.8. The molecule has 1 N–H and O–H groups in total. The van der Waals surface area contributed by atoms with Gasteiger partial charge in [-0.25, -0.2) is 8.42 Å². The van der Waals surface area contributed by atoms with E-state index >= 15 is 0 Å². The number of hydrogen-bond acceptors (Lipinski definition) is 4. The van der Waals surface area contributed by atoms with E-state index in [1.807, 2.05) is 71.0 Å². The largest absolute Gasteiger partial charge is 0.355 e. The maximum absolute atomic E-state index is 14.0. The Labute approximate surface area is 226 Å². The molecule has 3 aromatic carbocycles. The molecular weight excluding hydrogens is 498 g/mol. The zero-order chi connectivity index (χ0) is 27.9. The molecule has 0 heterocycles. The Bertz CT molecular complexity index is 1350. The summed E-state index contributed by atoms with van der Waals surface area (Å²) in [5.74, 6) is -0.720. The molecule has 0 bridgehead atoms. The van der Waals surface area contributed by atoms with Crippen LogP contribution < -0.4 is 9.62 Å². The van der Waals surface area contributed by atoms with Gasteiger partial charge in [-0.1, -0.05) is 66.6 Å². The van der Waals surface area contributed by atoms with E-state index < -0.39 is 28.5 Å². The zero-order valence-electron chi connectivity index (χ0n) is 22.8. The second kappa shape index (κ2) is 12.7. The number of carbonyl (C=O) groups is 2. The minimum absolute atomic E-state index is 0.0951. The summed E-state index contributed by atoms with van der Waals surface area (Å²) in [6, 6.07) is 20.5. The van der Waals surface area contributed by atoms with Gasteiger partial charge in [-0.3, -0.25) is 13.9 Å². The number of likely N-dealkylation sites (N-methyl/N-ethyl adjacent to an activating group) is 1. The highest BCUT2D eigenvalue weighted by atomic mass is 32.2. The lowest BCUT2D eigenvalue weighted by Crippen LogP contribution is -2.52. The fourth-order valence-corrected chi connectivity index (χ4v) is 5.67. The molecule has 0 aliphatic heterocycles. The lowest BCUT2D eigenvalue weighted by molar-refractivity contribution is -0.140. The van der Waals surface area contributed by atoms with E-state index in [2.05, 4.69) is 5.32 Å². The van der Waals surface area contributed by atoms with Gasteiger partial charge in [0.2, 0.25) is 11.8 Å². The van der Waals surface area contributed by atoms with Crippen LogP contribution in [0.1, 0.15) is 42.5 Å². The normalized spacial score (nSPS) is 12.0. The van der Waals surface area contributed by atoms with E-state index in [9.17, 15) is 18.0 Å². The first kappa shape index (κ1) is 28.9. The van der Waals surface area contributed by atoms with Crippen molar-refractivity contribution < 1.29 is 18.0 Å². The molecule has 0 aromatic heterocycles. The highest BCUT2D eigenvalue weighted by Crippen LogP contribution is 2.26. The molecule has 0 saturated heterocycles. The van der Waals surface area contributed by atoms with Crippen LogP contribution in [0.25, 0.3) is 0 Å². The van der Waals surface area contributed by atoms with E-state index in [-0.39, 0.29) is 17.3 Å². The van der Waals surface area contributed by atoms with Crippen LogP contribution in [0, 0.1) is 20.8 Å². The van der Waals surface area contributed by atoms with E-state index in [0.717, 1.165) is 26.6 Å². The minimum atomic E-state index is -4.07. The summed E-state index contributed by atoms with van der Waals surface area (Å²) in [6.07, 6.45) is 0.388. The maximum Gasteiger partial charge on any atom is 0.264 e. The molecule has 3 rings (SSSR count). The first-order valence-corrected chi connectivity index (χ1v) is 14.3. The van der Waals surface area contributed by atoms with Crippen molar-refractivity contribution in [2.45, 2.75) is 58.5 Å². The van der Waals surface area contributed by atoms with Crippen LogP contribution in [0.2, 0.25) is 0 Å². The van der Waals surface area contributed by atoms with Gasteiger partial charge < -0.3 is 10.2 Å². The van der Waals surface area contributed by atoms with Crippen molar-refractivity contribution >= 4 is 27.5 Å². The highest BCUT2D eigenvalue weighted by Gasteiger charge is 2.33. The number of carbonyl (C=O) groups excluding carboxylic acids is 2. The molecule has 7 nitrogen and oxygen atoms in total. The van der Waals surface area contributed by atoms with E-state index in [4.69, 9.17) is 0 Å². The van der Waals surface area contributed by atoms with Crippen LogP contribution in [0.5, 0.6) is 0 Å². The Morgan fingerprint density at radius 1 is 0.842 bits per heavy atom. The van der Waals surface area contributed by atoms with Gasteiger partial charge >= 0.3 is 0 Å². The van der Waals surface area contributed by atoms with Crippen molar-refractivity contribution in [1.82, 2.24) is 10.2 Å². The molecule has 0 fully saturated rings. The third-order valence-corrected chi connectivity index (χ3v) is 8.34. The number of nitrogens with one attached hydrogen (secondary N) is 1. The smallest absolute Gasteiger partial charge is 0.264 e. The first-order valence-electron chi connectivity index (χ1n) is 12.9. The van der Waals surface area contributed by atoms with Crippen LogP contribution in [0.15, 0.2) is 77.7 Å². The third kappa shape index (κ3) is 6.81. The molecule has 0 aliphatic rings. The van der Waals surface area contributed by atoms with Gasteiger partial charge in [-0.2, -0.15) is 0 Å². The van der Waals surface area contributed by atoms with Crippen LogP contribution in [-0.4, -0.2) is 44.3 Å². The monoisotopic (exact) mass is 535 g/mol. The predicted octanol–water partition coefficient (Wildman–Crippen LogP) is 4.75. The first-order chi connectivity index (χ1) is 18.1. The molecule has 0 aliphatic carbocycles. The van der Waals surface area contributed by atoms with E-state index in [1.165, 1.54) is 4.90 Å². The average Bonchev–Trinajstić information content (AvgIpc) is 2.89. The lowest BCUT2D eigenvalue weighted by Gasteiger charge is -2.33. The maximum atomic E-state index is 14.0. The highest BCUT2D eigenvalue weighted by molar-refractivity contribution is 7.92. The fourth-order valence-electron chi connectivity index (χ4n) is 4.26. The van der Waals surface area contributed by atoms with Gasteiger partial charge in [0, 0.05) is 13.1 Å². The Hall–Kier alpha value is -3.65. The van der Waals surface area contributed by atoms with Crippen LogP contribution in [-0.2, 0) is 26.2 Å². The predicted molar refractivity (Wildman–Crippen MR) is 151 cm³/mol. The third-order valence-electron chi connectivity index (χ3n) is 6.55. The van der Waals surface area contributed by atoms with Gasteiger partial charge in [-0.15, -0.1) is 0 Å². The molecule has 202 valence electrons. The van der Waals surface area contributed by atoms with Crippen LogP contribution in [0.4, 0.5) is 5.69 Å². The number of rotatable bonds is 11. The number of anilines is 1. The Morgan fingerprint density at radius 3 is 1.97 bits per heavy atom. The number of hydrogen-bond donors (Lipinski definition) is 1. The Morgan fingerprint density at radius 2 is 1.42 bits per heavy atom. The molecule has 0 radical (unpaired) electrons. The molecular formula is C30H37N3O4S. The quantitative estimate of drug-likeness (QED) is 0.384. The molecule has 1 atom stereocenters. The number of nitrogens with zero attached hydrogens (tertiary/aromatic N) is 2. The van der Waals surface area contributed by atoms with Crippen molar-refractivity contribution in [1.29, 1.82) is 0 Å². The average molecular weight is 536 g/mol. The summed E-state index contributed by atoms with van der Waals surface area (Å²) in [6.45, 7) is 9.59. The second-order valence-electron chi connectivity index (χ2n) is 9.43. The van der Waals surface area contributed by atoms with Gasteiger partial charge in [0.25, 0.3) is 10.0 Å². The second-order valence-corrected chi connectivity index (χ2v) is 11.3.